The molecule has 2 N–H and O–H groups in total. The summed E-state index contributed by atoms with van der Waals surface area (Å²) >= 11 is 0. The van der Waals surface area contributed by atoms with Crippen molar-refractivity contribution in [2.24, 2.45) is 12.8 Å². The average Bonchev–Trinajstić information content (AvgIpc) is 2.62. The molecule has 0 bridgehead atoms. The van der Waals surface area contributed by atoms with E-state index in [0.29, 0.717) is 19.6 Å². The Hall–Kier alpha value is -1.38. The minimum absolute atomic E-state index is 0.123. The van der Waals surface area contributed by atoms with Gasteiger partial charge in [-0.05, 0) is 26.1 Å². The van der Waals surface area contributed by atoms with Crippen LogP contribution in [-0.2, 0) is 17.1 Å². The lowest BCUT2D eigenvalue weighted by atomic mass is 10.4. The SMILES string of the molecule is CN1CCCN(S(=O)(=O)c2cc(C(N)=O)n(C)c2)CC1. The Labute approximate surface area is 119 Å². The molecule has 112 valence electrons. The Morgan fingerprint density at radius 2 is 1.90 bits per heavy atom. The number of hydrogen-bond acceptors (Lipinski definition) is 4. The minimum Gasteiger partial charge on any atom is -0.364 e. The normalized spacial score (nSPS) is 18.9. The molecule has 0 unspecified atom stereocenters. The van der Waals surface area contributed by atoms with Gasteiger partial charge in [0.2, 0.25) is 10.0 Å². The van der Waals surface area contributed by atoms with Gasteiger partial charge in [-0.25, -0.2) is 8.42 Å². The molecule has 0 spiro atoms. The van der Waals surface area contributed by atoms with E-state index in [1.165, 1.54) is 21.1 Å². The summed E-state index contributed by atoms with van der Waals surface area (Å²) in [6.45, 7) is 2.54. The monoisotopic (exact) mass is 300 g/mol. The summed E-state index contributed by atoms with van der Waals surface area (Å²) in [6.07, 6.45) is 2.23. The van der Waals surface area contributed by atoms with Crippen molar-refractivity contribution in [3.8, 4) is 0 Å². The van der Waals surface area contributed by atoms with Crippen molar-refractivity contribution in [3.63, 3.8) is 0 Å². The van der Waals surface area contributed by atoms with E-state index in [4.69, 9.17) is 5.73 Å². The van der Waals surface area contributed by atoms with Crippen LogP contribution in [0.15, 0.2) is 17.2 Å². The molecular formula is C12H20N4O3S. The summed E-state index contributed by atoms with van der Waals surface area (Å²) < 4.78 is 28.1. The molecular weight excluding hydrogens is 280 g/mol. The molecule has 1 aromatic rings. The number of aryl methyl sites for hydroxylation is 1. The summed E-state index contributed by atoms with van der Waals surface area (Å²) in [4.78, 5) is 13.5. The zero-order chi connectivity index (χ0) is 14.9. The number of likely N-dealkylation sites (N-methyl/N-ethyl adjacent to an activating group) is 1. The van der Waals surface area contributed by atoms with Gasteiger partial charge in [-0.15, -0.1) is 0 Å². The fraction of sp³-hybridized carbons (Fsp3) is 0.583. The van der Waals surface area contributed by atoms with Crippen LogP contribution in [0.1, 0.15) is 16.9 Å². The van der Waals surface area contributed by atoms with Gasteiger partial charge in [-0.1, -0.05) is 0 Å². The van der Waals surface area contributed by atoms with Crippen LogP contribution in [0, 0.1) is 0 Å². The van der Waals surface area contributed by atoms with Gasteiger partial charge in [0.1, 0.15) is 10.6 Å². The first-order valence-corrected chi connectivity index (χ1v) is 7.91. The lowest BCUT2D eigenvalue weighted by Gasteiger charge is -2.19. The Bertz CT molecular complexity index is 608. The van der Waals surface area contributed by atoms with Crippen LogP contribution in [-0.4, -0.2) is 61.3 Å². The lowest BCUT2D eigenvalue weighted by Crippen LogP contribution is -2.34. The maximum Gasteiger partial charge on any atom is 0.265 e. The summed E-state index contributed by atoms with van der Waals surface area (Å²) in [5.74, 6) is -0.635. The summed E-state index contributed by atoms with van der Waals surface area (Å²) in [5.41, 5.74) is 5.41. The van der Waals surface area contributed by atoms with Gasteiger partial charge in [0.15, 0.2) is 0 Å². The lowest BCUT2D eigenvalue weighted by molar-refractivity contribution is 0.0992. The molecule has 8 heteroatoms. The van der Waals surface area contributed by atoms with Gasteiger partial charge in [0.25, 0.3) is 5.91 Å². The molecule has 20 heavy (non-hydrogen) atoms. The van der Waals surface area contributed by atoms with Gasteiger partial charge in [0, 0.05) is 32.9 Å². The molecule has 2 heterocycles. The van der Waals surface area contributed by atoms with Crippen LogP contribution in [0.2, 0.25) is 0 Å². The van der Waals surface area contributed by atoms with Crippen molar-refractivity contribution < 1.29 is 13.2 Å². The van der Waals surface area contributed by atoms with E-state index in [0.717, 1.165) is 13.0 Å². The van der Waals surface area contributed by atoms with Crippen LogP contribution in [0.25, 0.3) is 0 Å². The predicted molar refractivity (Wildman–Crippen MR) is 74.8 cm³/mol. The maximum absolute atomic E-state index is 12.6. The van der Waals surface area contributed by atoms with Gasteiger partial charge in [-0.2, -0.15) is 4.31 Å². The number of carbonyl (C=O) groups excluding carboxylic acids is 1. The van der Waals surface area contributed by atoms with Crippen LogP contribution in [0.5, 0.6) is 0 Å². The Morgan fingerprint density at radius 3 is 2.50 bits per heavy atom. The Kier molecular flexibility index (Phi) is 4.17. The van der Waals surface area contributed by atoms with Crippen molar-refractivity contribution >= 4 is 15.9 Å². The largest absolute Gasteiger partial charge is 0.364 e. The Morgan fingerprint density at radius 1 is 1.20 bits per heavy atom. The van der Waals surface area contributed by atoms with E-state index in [2.05, 4.69) is 4.90 Å². The second-order valence-corrected chi connectivity index (χ2v) is 7.04. The fourth-order valence-corrected chi connectivity index (χ4v) is 3.87. The maximum atomic E-state index is 12.6. The van der Waals surface area contributed by atoms with E-state index in [-0.39, 0.29) is 10.6 Å². The first-order chi connectivity index (χ1) is 9.32. The second-order valence-electron chi connectivity index (χ2n) is 5.10. The van der Waals surface area contributed by atoms with Crippen molar-refractivity contribution in [1.82, 2.24) is 13.8 Å². The highest BCUT2D eigenvalue weighted by molar-refractivity contribution is 7.89. The van der Waals surface area contributed by atoms with Crippen LogP contribution < -0.4 is 5.73 Å². The number of nitrogens with zero attached hydrogens (tertiary/aromatic N) is 3. The van der Waals surface area contributed by atoms with Crippen LogP contribution in [0.3, 0.4) is 0 Å². The van der Waals surface area contributed by atoms with Gasteiger partial charge < -0.3 is 15.2 Å². The molecule has 1 aliphatic heterocycles. The number of carbonyl (C=O) groups is 1. The molecule has 0 aromatic carbocycles. The summed E-state index contributed by atoms with van der Waals surface area (Å²) in [5, 5.41) is 0. The predicted octanol–water partition coefficient (Wildman–Crippen LogP) is -0.550. The molecule has 0 aliphatic carbocycles. The smallest absolute Gasteiger partial charge is 0.265 e. The quantitative estimate of drug-likeness (QED) is 0.811. The molecule has 0 saturated carbocycles. The zero-order valence-corrected chi connectivity index (χ0v) is 12.6. The molecule has 1 fully saturated rings. The van der Waals surface area contributed by atoms with Gasteiger partial charge in [-0.3, -0.25) is 4.79 Å². The topological polar surface area (TPSA) is 88.6 Å². The molecule has 1 saturated heterocycles. The van der Waals surface area contributed by atoms with Gasteiger partial charge in [0.05, 0.1) is 0 Å². The number of sulfonamides is 1. The Balaban J connectivity index is 2.30. The number of amides is 1. The average molecular weight is 300 g/mol. The standard InChI is InChI=1S/C12H20N4O3S/c1-14-4-3-5-16(7-6-14)20(18,19)10-8-11(12(13)17)15(2)9-10/h8-9H,3-7H2,1-2H3,(H2,13,17). The second kappa shape index (κ2) is 5.55. The highest BCUT2D eigenvalue weighted by atomic mass is 32.2. The zero-order valence-electron chi connectivity index (χ0n) is 11.7. The molecule has 7 nitrogen and oxygen atoms in total. The number of hydrogen-bond donors (Lipinski definition) is 1. The van der Waals surface area contributed by atoms with E-state index in [1.54, 1.807) is 7.05 Å². The first-order valence-electron chi connectivity index (χ1n) is 6.47. The fourth-order valence-electron chi connectivity index (χ4n) is 2.33. The third-order valence-corrected chi connectivity index (χ3v) is 5.41. The van der Waals surface area contributed by atoms with Crippen molar-refractivity contribution in [2.75, 3.05) is 33.2 Å². The molecule has 0 atom stereocenters. The molecule has 0 radical (unpaired) electrons. The van der Waals surface area contributed by atoms with Crippen molar-refractivity contribution in [2.45, 2.75) is 11.3 Å². The summed E-state index contributed by atoms with van der Waals surface area (Å²) in [6, 6.07) is 1.34. The minimum atomic E-state index is -3.57. The van der Waals surface area contributed by atoms with Crippen molar-refractivity contribution in [3.05, 3.63) is 18.0 Å². The van der Waals surface area contributed by atoms with E-state index < -0.39 is 15.9 Å². The number of rotatable bonds is 3. The number of aromatic nitrogens is 1. The van der Waals surface area contributed by atoms with E-state index in [1.807, 2.05) is 7.05 Å². The molecule has 1 aromatic heterocycles. The molecule has 2 rings (SSSR count). The van der Waals surface area contributed by atoms with Gasteiger partial charge >= 0.3 is 0 Å². The van der Waals surface area contributed by atoms with E-state index >= 15 is 0 Å². The molecule has 1 amide bonds. The van der Waals surface area contributed by atoms with Crippen LogP contribution in [0.4, 0.5) is 0 Å². The van der Waals surface area contributed by atoms with Crippen LogP contribution >= 0.6 is 0 Å². The summed E-state index contributed by atoms with van der Waals surface area (Å²) in [7, 11) is 0.0166. The first kappa shape index (κ1) is 15.0. The third-order valence-electron chi connectivity index (χ3n) is 3.55. The molecule has 1 aliphatic rings. The number of primary amides is 1. The highest BCUT2D eigenvalue weighted by Gasteiger charge is 2.28. The number of nitrogens with two attached hydrogens (primary N) is 1. The highest BCUT2D eigenvalue weighted by Crippen LogP contribution is 2.19. The van der Waals surface area contributed by atoms with Crippen molar-refractivity contribution in [1.29, 1.82) is 0 Å². The van der Waals surface area contributed by atoms with E-state index in [9.17, 15) is 13.2 Å². The third kappa shape index (κ3) is 2.87.